The van der Waals surface area contributed by atoms with Gasteiger partial charge in [-0.2, -0.15) is 0 Å². The topological polar surface area (TPSA) is 30.9 Å². The molecule has 0 aromatic carbocycles. The van der Waals surface area contributed by atoms with Gasteiger partial charge in [-0.05, 0) is 31.6 Å². The fourth-order valence-electron chi connectivity index (χ4n) is 4.82. The Labute approximate surface area is 128 Å². The van der Waals surface area contributed by atoms with E-state index in [-0.39, 0.29) is 5.79 Å². The predicted octanol–water partition coefficient (Wildman–Crippen LogP) is 2.56. The fourth-order valence-corrected chi connectivity index (χ4v) is 4.82. The summed E-state index contributed by atoms with van der Waals surface area (Å²) in [4.78, 5) is 2.74. The lowest BCUT2D eigenvalue weighted by atomic mass is 9.83. The monoisotopic (exact) mass is 295 g/mol. The molecule has 2 atom stereocenters. The second-order valence-corrected chi connectivity index (χ2v) is 7.31. The molecule has 0 unspecified atom stereocenters. The Balaban J connectivity index is 1.31. The number of rotatable bonds is 2. The van der Waals surface area contributed by atoms with Crippen molar-refractivity contribution in [3.8, 4) is 0 Å². The SMILES string of the molecule is C1CC[C@H]2[C@H](C1)OCCN2CC1CCC2(CC1)OCCO2. The van der Waals surface area contributed by atoms with E-state index in [0.29, 0.717) is 12.1 Å². The summed E-state index contributed by atoms with van der Waals surface area (Å²) >= 11 is 0. The Morgan fingerprint density at radius 1 is 0.905 bits per heavy atom. The molecule has 2 heterocycles. The average molecular weight is 295 g/mol. The summed E-state index contributed by atoms with van der Waals surface area (Å²) < 4.78 is 17.7. The number of fused-ring (bicyclic) bond motifs is 1. The van der Waals surface area contributed by atoms with Crippen LogP contribution in [0.4, 0.5) is 0 Å². The summed E-state index contributed by atoms with van der Waals surface area (Å²) in [5.74, 6) is 0.624. The number of hydrogen-bond donors (Lipinski definition) is 0. The second kappa shape index (κ2) is 6.15. The average Bonchev–Trinajstić information content (AvgIpc) is 2.99. The largest absolute Gasteiger partial charge is 0.375 e. The normalized spacial score (nSPS) is 37.7. The number of nitrogens with zero attached hydrogens (tertiary/aromatic N) is 1. The van der Waals surface area contributed by atoms with E-state index in [1.807, 2.05) is 0 Å². The van der Waals surface area contributed by atoms with Gasteiger partial charge in [-0.3, -0.25) is 4.90 Å². The van der Waals surface area contributed by atoms with E-state index < -0.39 is 0 Å². The molecule has 2 aliphatic heterocycles. The Morgan fingerprint density at radius 2 is 1.67 bits per heavy atom. The molecule has 2 aliphatic carbocycles. The Kier molecular flexibility index (Phi) is 4.23. The van der Waals surface area contributed by atoms with E-state index in [2.05, 4.69) is 4.90 Å². The molecule has 0 aromatic rings. The highest BCUT2D eigenvalue weighted by Gasteiger charge is 2.41. The summed E-state index contributed by atoms with van der Waals surface area (Å²) in [5, 5.41) is 0. The van der Waals surface area contributed by atoms with Gasteiger partial charge in [0.15, 0.2) is 5.79 Å². The Morgan fingerprint density at radius 3 is 2.48 bits per heavy atom. The Bertz CT molecular complexity index is 344. The van der Waals surface area contributed by atoms with Crippen molar-refractivity contribution < 1.29 is 14.2 Å². The molecule has 4 fully saturated rings. The molecule has 0 N–H and O–H groups in total. The van der Waals surface area contributed by atoms with Crippen LogP contribution in [0.2, 0.25) is 0 Å². The molecule has 21 heavy (non-hydrogen) atoms. The van der Waals surface area contributed by atoms with Crippen molar-refractivity contribution >= 4 is 0 Å². The molecule has 0 amide bonds. The van der Waals surface area contributed by atoms with Crippen LogP contribution in [0, 0.1) is 5.92 Å². The van der Waals surface area contributed by atoms with Crippen LogP contribution in [0.1, 0.15) is 51.4 Å². The van der Waals surface area contributed by atoms with Crippen molar-refractivity contribution in [3.63, 3.8) is 0 Å². The van der Waals surface area contributed by atoms with Gasteiger partial charge in [-0.15, -0.1) is 0 Å². The number of morpholine rings is 1. The number of hydrogen-bond acceptors (Lipinski definition) is 4. The third kappa shape index (κ3) is 3.00. The van der Waals surface area contributed by atoms with E-state index in [4.69, 9.17) is 14.2 Å². The van der Waals surface area contributed by atoms with Crippen LogP contribution in [0.5, 0.6) is 0 Å². The summed E-state index contributed by atoms with van der Waals surface area (Å²) in [6.07, 6.45) is 10.6. The molecule has 2 saturated heterocycles. The van der Waals surface area contributed by atoms with Crippen molar-refractivity contribution in [2.24, 2.45) is 5.92 Å². The van der Waals surface area contributed by atoms with E-state index in [1.165, 1.54) is 45.1 Å². The van der Waals surface area contributed by atoms with Gasteiger partial charge in [0.2, 0.25) is 0 Å². The van der Waals surface area contributed by atoms with Crippen molar-refractivity contribution in [2.45, 2.75) is 69.3 Å². The molecule has 4 aliphatic rings. The lowest BCUT2D eigenvalue weighted by molar-refractivity contribution is -0.184. The predicted molar refractivity (Wildman–Crippen MR) is 80.2 cm³/mol. The minimum atomic E-state index is -0.200. The van der Waals surface area contributed by atoms with E-state index in [9.17, 15) is 0 Å². The highest BCUT2D eigenvalue weighted by atomic mass is 16.7. The zero-order valence-electron chi connectivity index (χ0n) is 13.1. The molecule has 120 valence electrons. The third-order valence-corrected chi connectivity index (χ3v) is 6.02. The molecule has 4 nitrogen and oxygen atoms in total. The van der Waals surface area contributed by atoms with Gasteiger partial charge < -0.3 is 14.2 Å². The molecule has 4 heteroatoms. The lowest BCUT2D eigenvalue weighted by Crippen LogP contribution is -2.54. The zero-order chi connectivity index (χ0) is 14.1. The van der Waals surface area contributed by atoms with Crippen LogP contribution < -0.4 is 0 Å². The van der Waals surface area contributed by atoms with Crippen LogP contribution in [0.15, 0.2) is 0 Å². The zero-order valence-corrected chi connectivity index (χ0v) is 13.1. The van der Waals surface area contributed by atoms with Gasteiger partial charge in [0.25, 0.3) is 0 Å². The summed E-state index contributed by atoms with van der Waals surface area (Å²) in [5.41, 5.74) is 0. The van der Waals surface area contributed by atoms with Gasteiger partial charge in [-0.1, -0.05) is 12.8 Å². The molecular weight excluding hydrogens is 266 g/mol. The minimum absolute atomic E-state index is 0.200. The molecule has 0 radical (unpaired) electrons. The Hall–Kier alpha value is -0.160. The van der Waals surface area contributed by atoms with E-state index in [0.717, 1.165) is 45.1 Å². The maximum Gasteiger partial charge on any atom is 0.168 e. The standard InChI is InChI=1S/C17H29NO3/c1-2-4-16-15(3-1)18(9-10-19-16)13-14-5-7-17(8-6-14)20-11-12-21-17/h14-16H,1-13H2/t15-,16-/m0/s1. The second-order valence-electron chi connectivity index (χ2n) is 7.31. The molecule has 2 saturated carbocycles. The van der Waals surface area contributed by atoms with Crippen LogP contribution in [0.25, 0.3) is 0 Å². The van der Waals surface area contributed by atoms with Crippen molar-refractivity contribution in [1.29, 1.82) is 0 Å². The highest BCUT2D eigenvalue weighted by Crippen LogP contribution is 2.39. The molecule has 4 rings (SSSR count). The van der Waals surface area contributed by atoms with Crippen LogP contribution >= 0.6 is 0 Å². The van der Waals surface area contributed by atoms with Crippen LogP contribution in [-0.2, 0) is 14.2 Å². The minimum Gasteiger partial charge on any atom is -0.375 e. The maximum absolute atomic E-state index is 6.00. The van der Waals surface area contributed by atoms with Crippen LogP contribution in [0.3, 0.4) is 0 Å². The van der Waals surface area contributed by atoms with E-state index in [1.54, 1.807) is 0 Å². The maximum atomic E-state index is 6.00. The summed E-state index contributed by atoms with van der Waals surface area (Å²) in [6, 6.07) is 0.697. The van der Waals surface area contributed by atoms with Gasteiger partial charge >= 0.3 is 0 Å². The first-order valence-electron chi connectivity index (χ1n) is 8.98. The van der Waals surface area contributed by atoms with Gasteiger partial charge in [0, 0.05) is 32.0 Å². The van der Waals surface area contributed by atoms with Gasteiger partial charge in [0.05, 0.1) is 25.9 Å². The van der Waals surface area contributed by atoms with Gasteiger partial charge in [-0.25, -0.2) is 0 Å². The molecular formula is C17H29NO3. The molecule has 0 aromatic heterocycles. The summed E-state index contributed by atoms with van der Waals surface area (Å²) in [7, 11) is 0. The first-order valence-corrected chi connectivity index (χ1v) is 8.98. The summed E-state index contributed by atoms with van der Waals surface area (Å²) in [6.45, 7) is 4.91. The quantitative estimate of drug-likeness (QED) is 0.783. The first-order chi connectivity index (χ1) is 10.3. The van der Waals surface area contributed by atoms with Gasteiger partial charge in [0.1, 0.15) is 0 Å². The molecule has 0 bridgehead atoms. The fraction of sp³-hybridized carbons (Fsp3) is 1.00. The third-order valence-electron chi connectivity index (χ3n) is 6.02. The first kappa shape index (κ1) is 14.4. The molecule has 1 spiro atoms. The lowest BCUT2D eigenvalue weighted by Gasteiger charge is -2.46. The van der Waals surface area contributed by atoms with Crippen molar-refractivity contribution in [2.75, 3.05) is 32.9 Å². The van der Waals surface area contributed by atoms with Crippen molar-refractivity contribution in [1.82, 2.24) is 4.90 Å². The smallest absolute Gasteiger partial charge is 0.168 e. The number of ether oxygens (including phenoxy) is 3. The van der Waals surface area contributed by atoms with E-state index >= 15 is 0 Å². The highest BCUT2D eigenvalue weighted by molar-refractivity contribution is 4.90. The van der Waals surface area contributed by atoms with Crippen molar-refractivity contribution in [3.05, 3.63) is 0 Å². The van der Waals surface area contributed by atoms with Crippen LogP contribution in [-0.4, -0.2) is 55.7 Å².